The van der Waals surface area contributed by atoms with Crippen LogP contribution in [-0.4, -0.2) is 0 Å². The molecule has 2 aromatic rings. The molecule has 0 radical (unpaired) electrons. The van der Waals surface area contributed by atoms with E-state index >= 15 is 0 Å². The van der Waals surface area contributed by atoms with Gasteiger partial charge in [-0.05, 0) is 56.4 Å². The van der Waals surface area contributed by atoms with Crippen LogP contribution in [0, 0.1) is 12.7 Å². The van der Waals surface area contributed by atoms with Crippen molar-refractivity contribution in [2.75, 3.05) is 0 Å². The Labute approximate surface area is 124 Å². The summed E-state index contributed by atoms with van der Waals surface area (Å²) in [5, 5.41) is 0.819. The molecule has 1 aromatic heterocycles. The Balaban J connectivity index is 2.04. The maximum Gasteiger partial charge on any atom is 0.134 e. The van der Waals surface area contributed by atoms with Crippen LogP contribution in [0.15, 0.2) is 34.3 Å². The summed E-state index contributed by atoms with van der Waals surface area (Å²) in [4.78, 5) is 0. The standard InChI is InChI=1S/C17H21FN2O/c1-11-14-10-13(18)8-9-15(14)21-17(11)16(20-19)12-6-4-2-3-5-7-12/h6,8-10,16,20H,2-5,7,19H2,1H3. The minimum absolute atomic E-state index is 0.126. The van der Waals surface area contributed by atoms with Crippen molar-refractivity contribution in [2.45, 2.75) is 45.1 Å². The van der Waals surface area contributed by atoms with Gasteiger partial charge in [-0.3, -0.25) is 5.84 Å². The molecule has 21 heavy (non-hydrogen) atoms. The normalized spacial score (nSPS) is 17.6. The zero-order chi connectivity index (χ0) is 14.8. The number of rotatable bonds is 3. The molecule has 3 nitrogen and oxygen atoms in total. The third kappa shape index (κ3) is 2.74. The second-order valence-corrected chi connectivity index (χ2v) is 5.71. The van der Waals surface area contributed by atoms with Crippen molar-refractivity contribution in [3.8, 4) is 0 Å². The molecule has 1 unspecified atom stereocenters. The quantitative estimate of drug-likeness (QED) is 0.503. The molecule has 1 aromatic carbocycles. The number of hydrogen-bond acceptors (Lipinski definition) is 3. The van der Waals surface area contributed by atoms with E-state index in [0.717, 1.165) is 29.6 Å². The van der Waals surface area contributed by atoms with Crippen molar-refractivity contribution in [1.82, 2.24) is 5.43 Å². The molecule has 112 valence electrons. The molecule has 1 heterocycles. The van der Waals surface area contributed by atoms with Crippen molar-refractivity contribution >= 4 is 11.0 Å². The molecular weight excluding hydrogens is 267 g/mol. The van der Waals surface area contributed by atoms with Crippen LogP contribution >= 0.6 is 0 Å². The third-order valence-corrected chi connectivity index (χ3v) is 4.31. The molecule has 1 atom stereocenters. The van der Waals surface area contributed by atoms with E-state index in [4.69, 9.17) is 10.3 Å². The van der Waals surface area contributed by atoms with Gasteiger partial charge in [-0.2, -0.15) is 0 Å². The van der Waals surface area contributed by atoms with Gasteiger partial charge in [0.15, 0.2) is 0 Å². The Kier molecular flexibility index (Phi) is 4.08. The van der Waals surface area contributed by atoms with Crippen LogP contribution in [-0.2, 0) is 0 Å². The molecule has 0 saturated heterocycles. The van der Waals surface area contributed by atoms with Crippen molar-refractivity contribution in [3.63, 3.8) is 0 Å². The number of nitrogens with one attached hydrogen (secondary N) is 1. The second kappa shape index (κ2) is 6.00. The van der Waals surface area contributed by atoms with Gasteiger partial charge in [-0.1, -0.05) is 12.5 Å². The first kappa shape index (κ1) is 14.3. The van der Waals surface area contributed by atoms with Crippen molar-refractivity contribution in [2.24, 2.45) is 5.84 Å². The van der Waals surface area contributed by atoms with E-state index in [9.17, 15) is 4.39 Å². The fourth-order valence-corrected chi connectivity index (χ4v) is 3.14. The first-order valence-electron chi connectivity index (χ1n) is 7.54. The summed E-state index contributed by atoms with van der Waals surface area (Å²) in [5.74, 6) is 6.33. The zero-order valence-electron chi connectivity index (χ0n) is 12.3. The Bertz CT molecular complexity index is 675. The number of fused-ring (bicyclic) bond motifs is 1. The van der Waals surface area contributed by atoms with Gasteiger partial charge in [-0.15, -0.1) is 0 Å². The first-order valence-corrected chi connectivity index (χ1v) is 7.54. The van der Waals surface area contributed by atoms with Gasteiger partial charge in [0.05, 0.1) is 0 Å². The predicted octanol–water partition coefficient (Wildman–Crippen LogP) is 4.28. The van der Waals surface area contributed by atoms with Crippen LogP contribution in [0.2, 0.25) is 0 Å². The highest BCUT2D eigenvalue weighted by Gasteiger charge is 2.23. The molecule has 1 aliphatic carbocycles. The largest absolute Gasteiger partial charge is 0.459 e. The summed E-state index contributed by atoms with van der Waals surface area (Å²) in [6.45, 7) is 1.96. The average molecular weight is 288 g/mol. The number of hydrogen-bond donors (Lipinski definition) is 2. The van der Waals surface area contributed by atoms with Crippen molar-refractivity contribution in [1.29, 1.82) is 0 Å². The van der Waals surface area contributed by atoms with E-state index in [2.05, 4.69) is 11.5 Å². The fraction of sp³-hybridized carbons (Fsp3) is 0.412. The molecule has 0 amide bonds. The summed E-state index contributed by atoms with van der Waals surface area (Å²) in [7, 11) is 0. The highest BCUT2D eigenvalue weighted by Crippen LogP contribution is 2.35. The number of allylic oxidation sites excluding steroid dienone is 1. The van der Waals surface area contributed by atoms with Gasteiger partial charge in [0.1, 0.15) is 23.2 Å². The van der Waals surface area contributed by atoms with Crippen LogP contribution < -0.4 is 11.3 Å². The topological polar surface area (TPSA) is 51.2 Å². The Hall–Kier alpha value is -1.65. The zero-order valence-corrected chi connectivity index (χ0v) is 12.3. The maximum atomic E-state index is 13.4. The van der Waals surface area contributed by atoms with E-state index in [-0.39, 0.29) is 11.9 Å². The van der Waals surface area contributed by atoms with Gasteiger partial charge >= 0.3 is 0 Å². The molecule has 0 saturated carbocycles. The summed E-state index contributed by atoms with van der Waals surface area (Å²) in [6.07, 6.45) is 8.04. The van der Waals surface area contributed by atoms with Gasteiger partial charge in [0.2, 0.25) is 0 Å². The number of halogens is 1. The predicted molar refractivity (Wildman–Crippen MR) is 82.1 cm³/mol. The molecule has 1 aliphatic rings. The van der Waals surface area contributed by atoms with Crippen LogP contribution in [0.25, 0.3) is 11.0 Å². The summed E-state index contributed by atoms with van der Waals surface area (Å²) < 4.78 is 19.4. The van der Waals surface area contributed by atoms with Gasteiger partial charge in [0.25, 0.3) is 0 Å². The van der Waals surface area contributed by atoms with E-state index in [1.165, 1.54) is 37.0 Å². The molecule has 3 N–H and O–H groups in total. The van der Waals surface area contributed by atoms with Crippen LogP contribution in [0.1, 0.15) is 49.5 Å². The molecule has 3 rings (SSSR count). The molecule has 0 bridgehead atoms. The van der Waals surface area contributed by atoms with E-state index in [1.54, 1.807) is 6.07 Å². The SMILES string of the molecule is Cc1c(C(NN)C2=CCCCCC2)oc2ccc(F)cc12. The number of nitrogens with two attached hydrogens (primary N) is 1. The molecule has 0 aliphatic heterocycles. The maximum absolute atomic E-state index is 13.4. The number of aryl methyl sites for hydroxylation is 1. The summed E-state index contributed by atoms with van der Waals surface area (Å²) >= 11 is 0. The lowest BCUT2D eigenvalue weighted by molar-refractivity contribution is 0.460. The molecular formula is C17H21FN2O. The minimum Gasteiger partial charge on any atom is -0.459 e. The van der Waals surface area contributed by atoms with E-state index in [1.807, 2.05) is 6.92 Å². The smallest absolute Gasteiger partial charge is 0.134 e. The van der Waals surface area contributed by atoms with Crippen molar-refractivity contribution < 1.29 is 8.81 Å². The Morgan fingerprint density at radius 1 is 1.29 bits per heavy atom. The van der Waals surface area contributed by atoms with Crippen LogP contribution in [0.4, 0.5) is 4.39 Å². The lowest BCUT2D eigenvalue weighted by Crippen LogP contribution is -2.29. The molecule has 0 fully saturated rings. The van der Waals surface area contributed by atoms with Gasteiger partial charge < -0.3 is 4.42 Å². The molecule has 4 heteroatoms. The van der Waals surface area contributed by atoms with Gasteiger partial charge in [-0.25, -0.2) is 9.82 Å². The summed E-state index contributed by atoms with van der Waals surface area (Å²) in [5.41, 5.74) is 5.81. The highest BCUT2D eigenvalue weighted by molar-refractivity contribution is 5.82. The fourth-order valence-electron chi connectivity index (χ4n) is 3.14. The first-order chi connectivity index (χ1) is 10.2. The lowest BCUT2D eigenvalue weighted by atomic mass is 9.97. The Morgan fingerprint density at radius 3 is 2.95 bits per heavy atom. The number of benzene rings is 1. The Morgan fingerprint density at radius 2 is 2.14 bits per heavy atom. The highest BCUT2D eigenvalue weighted by atomic mass is 19.1. The van der Waals surface area contributed by atoms with Crippen LogP contribution in [0.5, 0.6) is 0 Å². The minimum atomic E-state index is -0.246. The van der Waals surface area contributed by atoms with Crippen LogP contribution in [0.3, 0.4) is 0 Å². The average Bonchev–Trinajstić information content (AvgIpc) is 2.69. The van der Waals surface area contributed by atoms with E-state index in [0.29, 0.717) is 5.58 Å². The van der Waals surface area contributed by atoms with Gasteiger partial charge in [0, 0.05) is 10.9 Å². The second-order valence-electron chi connectivity index (χ2n) is 5.71. The number of furan rings is 1. The monoisotopic (exact) mass is 288 g/mol. The number of hydrazine groups is 1. The summed E-state index contributed by atoms with van der Waals surface area (Å²) in [6, 6.07) is 4.49. The lowest BCUT2D eigenvalue weighted by Gasteiger charge is -2.18. The molecule has 0 spiro atoms. The van der Waals surface area contributed by atoms with Crippen molar-refractivity contribution in [3.05, 3.63) is 47.0 Å². The van der Waals surface area contributed by atoms with E-state index < -0.39 is 0 Å². The third-order valence-electron chi connectivity index (χ3n) is 4.31.